The molecule has 2 saturated heterocycles. The number of carbonyl (C=O) groups excluding carboxylic acids is 1. The molecular weight excluding hydrogens is 568 g/mol. The van der Waals surface area contributed by atoms with Gasteiger partial charge >= 0.3 is 5.97 Å². The Morgan fingerprint density at radius 3 is 2.51 bits per heavy atom. The molecule has 2 aliphatic heterocycles. The standard InChI is InChI=1S/C34H44N8O3/c1-23(2)22-45-33(43)26-7-5-6-8-27(26)36-32-31-29(11-14-35-31)38-34(39-32)37-28-10-9-25(21-30(28)44-4)41-15-12-24(13-16-41)42-19-17-40(3)18-20-42/h5-11,14,21,23-24,35H,12-13,15-20,22H2,1-4H3,(H2,36,37,38,39). The largest absolute Gasteiger partial charge is 0.494 e. The summed E-state index contributed by atoms with van der Waals surface area (Å²) in [5.41, 5.74) is 4.43. The highest BCUT2D eigenvalue weighted by atomic mass is 16.5. The van der Waals surface area contributed by atoms with E-state index in [1.807, 2.05) is 50.4 Å². The van der Waals surface area contributed by atoms with Crippen molar-refractivity contribution >= 4 is 45.8 Å². The third kappa shape index (κ3) is 7.15. The lowest BCUT2D eigenvalue weighted by molar-refractivity contribution is 0.0460. The summed E-state index contributed by atoms with van der Waals surface area (Å²) in [5, 5.41) is 6.70. The molecular formula is C34H44N8O3. The number of H-pyrrole nitrogens is 1. The van der Waals surface area contributed by atoms with Gasteiger partial charge in [-0.1, -0.05) is 26.0 Å². The fourth-order valence-corrected chi connectivity index (χ4v) is 6.09. The Morgan fingerprint density at radius 1 is 0.978 bits per heavy atom. The van der Waals surface area contributed by atoms with Gasteiger partial charge in [-0.25, -0.2) is 9.78 Å². The molecule has 0 saturated carbocycles. The van der Waals surface area contributed by atoms with Gasteiger partial charge < -0.3 is 34.9 Å². The highest BCUT2D eigenvalue weighted by molar-refractivity contribution is 5.98. The molecule has 4 heterocycles. The van der Waals surface area contributed by atoms with Crippen LogP contribution in [0.1, 0.15) is 37.0 Å². The first-order valence-electron chi connectivity index (χ1n) is 15.9. The van der Waals surface area contributed by atoms with Gasteiger partial charge in [-0.3, -0.25) is 4.90 Å². The van der Waals surface area contributed by atoms with Crippen molar-refractivity contribution < 1.29 is 14.3 Å². The lowest BCUT2D eigenvalue weighted by atomic mass is 10.0. The van der Waals surface area contributed by atoms with Crippen LogP contribution >= 0.6 is 0 Å². The maximum absolute atomic E-state index is 12.9. The van der Waals surface area contributed by atoms with Crippen LogP contribution in [0.15, 0.2) is 54.7 Å². The molecule has 0 bridgehead atoms. The zero-order valence-corrected chi connectivity index (χ0v) is 26.7. The van der Waals surface area contributed by atoms with Gasteiger partial charge in [0.25, 0.3) is 0 Å². The SMILES string of the molecule is COc1cc(N2CCC(N3CCN(C)CC3)CC2)ccc1Nc1nc(Nc2ccccc2C(=O)OCC(C)C)c2[nH]ccc2n1. The lowest BCUT2D eigenvalue weighted by Gasteiger charge is -2.42. The number of anilines is 5. The minimum atomic E-state index is -0.379. The fourth-order valence-electron chi connectivity index (χ4n) is 6.09. The summed E-state index contributed by atoms with van der Waals surface area (Å²) in [5.74, 6) is 1.53. The number of likely N-dealkylation sites (N-methyl/N-ethyl adjacent to an activating group) is 1. The quantitative estimate of drug-likeness (QED) is 0.199. The maximum Gasteiger partial charge on any atom is 0.340 e. The number of nitrogens with zero attached hydrogens (tertiary/aromatic N) is 5. The van der Waals surface area contributed by atoms with Crippen LogP contribution in [-0.4, -0.2) is 96.8 Å². The second-order valence-electron chi connectivity index (χ2n) is 12.4. The van der Waals surface area contributed by atoms with E-state index in [1.165, 1.54) is 25.9 Å². The van der Waals surface area contributed by atoms with Crippen molar-refractivity contribution in [3.63, 3.8) is 0 Å². The van der Waals surface area contributed by atoms with Crippen molar-refractivity contribution in [2.24, 2.45) is 5.92 Å². The van der Waals surface area contributed by atoms with Gasteiger partial charge in [0.05, 0.1) is 36.2 Å². The lowest BCUT2D eigenvalue weighted by Crippen LogP contribution is -2.52. The number of benzene rings is 2. The van der Waals surface area contributed by atoms with Crippen LogP contribution in [0.5, 0.6) is 5.75 Å². The number of hydrogen-bond donors (Lipinski definition) is 3. The summed E-state index contributed by atoms with van der Waals surface area (Å²) < 4.78 is 11.3. The summed E-state index contributed by atoms with van der Waals surface area (Å²) in [4.78, 5) is 33.1. The number of methoxy groups -OCH3 is 1. The molecule has 11 nitrogen and oxygen atoms in total. The Labute approximate surface area is 264 Å². The van der Waals surface area contributed by atoms with E-state index in [2.05, 4.69) is 49.5 Å². The van der Waals surface area contributed by atoms with E-state index in [1.54, 1.807) is 13.2 Å². The van der Waals surface area contributed by atoms with E-state index in [0.717, 1.165) is 54.3 Å². The number of hydrogen-bond acceptors (Lipinski definition) is 10. The molecule has 2 aliphatic rings. The van der Waals surface area contributed by atoms with Crippen molar-refractivity contribution in [2.45, 2.75) is 32.7 Å². The van der Waals surface area contributed by atoms with Crippen molar-refractivity contribution in [2.75, 3.05) is 75.6 Å². The van der Waals surface area contributed by atoms with Crippen molar-refractivity contribution in [1.29, 1.82) is 0 Å². The molecule has 0 unspecified atom stereocenters. The third-order valence-corrected chi connectivity index (χ3v) is 8.67. The van der Waals surface area contributed by atoms with E-state index in [-0.39, 0.29) is 11.9 Å². The molecule has 0 radical (unpaired) electrons. The van der Waals surface area contributed by atoms with Gasteiger partial charge in [-0.05, 0) is 56.1 Å². The molecule has 11 heteroatoms. The zero-order chi connectivity index (χ0) is 31.3. The van der Waals surface area contributed by atoms with Crippen LogP contribution in [0.2, 0.25) is 0 Å². The van der Waals surface area contributed by atoms with E-state index in [4.69, 9.17) is 19.4 Å². The number of carbonyl (C=O) groups is 1. The first kappa shape index (κ1) is 30.7. The minimum Gasteiger partial charge on any atom is -0.494 e. The smallest absolute Gasteiger partial charge is 0.340 e. The summed E-state index contributed by atoms with van der Waals surface area (Å²) >= 11 is 0. The van der Waals surface area contributed by atoms with Crippen LogP contribution in [-0.2, 0) is 4.74 Å². The van der Waals surface area contributed by atoms with Crippen LogP contribution in [0, 0.1) is 5.92 Å². The first-order chi connectivity index (χ1) is 21.9. The highest BCUT2D eigenvalue weighted by Gasteiger charge is 2.27. The molecule has 2 fully saturated rings. The van der Waals surface area contributed by atoms with E-state index in [9.17, 15) is 4.79 Å². The first-order valence-corrected chi connectivity index (χ1v) is 15.9. The molecule has 0 aliphatic carbocycles. The molecule has 2 aromatic carbocycles. The molecule has 4 aromatic rings. The van der Waals surface area contributed by atoms with Crippen molar-refractivity contribution in [3.8, 4) is 5.75 Å². The topological polar surface area (TPSA) is 111 Å². The summed E-state index contributed by atoms with van der Waals surface area (Å²) in [7, 11) is 3.89. The third-order valence-electron chi connectivity index (χ3n) is 8.67. The highest BCUT2D eigenvalue weighted by Crippen LogP contribution is 2.34. The Hall–Kier alpha value is -4.35. The predicted octanol–water partition coefficient (Wildman–Crippen LogP) is 5.48. The Bertz CT molecular complexity index is 1610. The Morgan fingerprint density at radius 2 is 1.76 bits per heavy atom. The number of piperazine rings is 1. The molecule has 6 rings (SSSR count). The average Bonchev–Trinajstić information content (AvgIpc) is 3.54. The maximum atomic E-state index is 12.9. The molecule has 45 heavy (non-hydrogen) atoms. The molecule has 238 valence electrons. The van der Waals surface area contributed by atoms with Crippen LogP contribution in [0.3, 0.4) is 0 Å². The number of fused-ring (bicyclic) bond motifs is 1. The van der Waals surface area contributed by atoms with Crippen molar-refractivity contribution in [3.05, 3.63) is 60.3 Å². The minimum absolute atomic E-state index is 0.244. The van der Waals surface area contributed by atoms with Crippen molar-refractivity contribution in [1.82, 2.24) is 24.8 Å². The van der Waals surface area contributed by atoms with Gasteiger partial charge in [0.1, 0.15) is 11.3 Å². The number of esters is 1. The number of aromatic nitrogens is 3. The van der Waals surface area contributed by atoms with E-state index in [0.29, 0.717) is 35.7 Å². The van der Waals surface area contributed by atoms with Crippen LogP contribution < -0.4 is 20.3 Å². The average molecular weight is 613 g/mol. The van der Waals surface area contributed by atoms with Gasteiger partial charge in [0, 0.05) is 63.3 Å². The van der Waals surface area contributed by atoms with Gasteiger partial charge in [-0.15, -0.1) is 0 Å². The summed E-state index contributed by atoms with van der Waals surface area (Å²) in [6.07, 6.45) is 4.16. The second kappa shape index (κ2) is 13.7. The fraction of sp³-hybridized carbons (Fsp3) is 0.441. The second-order valence-corrected chi connectivity index (χ2v) is 12.4. The predicted molar refractivity (Wildman–Crippen MR) is 179 cm³/mol. The number of ether oxygens (including phenoxy) is 2. The number of aromatic amines is 1. The number of rotatable bonds is 10. The number of piperidine rings is 1. The number of para-hydroxylation sites is 1. The van der Waals surface area contributed by atoms with Crippen LogP contribution in [0.25, 0.3) is 11.0 Å². The van der Waals surface area contributed by atoms with E-state index >= 15 is 0 Å². The molecule has 0 amide bonds. The molecule has 3 N–H and O–H groups in total. The number of nitrogens with one attached hydrogen (secondary N) is 3. The summed E-state index contributed by atoms with van der Waals surface area (Å²) in [6, 6.07) is 16.1. The molecule has 0 spiro atoms. The van der Waals surface area contributed by atoms with Gasteiger partial charge in [-0.2, -0.15) is 4.98 Å². The zero-order valence-electron chi connectivity index (χ0n) is 26.7. The van der Waals surface area contributed by atoms with E-state index < -0.39 is 0 Å². The van der Waals surface area contributed by atoms with Crippen LogP contribution in [0.4, 0.5) is 28.8 Å². The summed E-state index contributed by atoms with van der Waals surface area (Å²) in [6.45, 7) is 11.1. The molecule has 2 aromatic heterocycles. The molecule has 0 atom stereocenters. The monoisotopic (exact) mass is 612 g/mol. The van der Waals surface area contributed by atoms with Gasteiger partial charge in [0.2, 0.25) is 5.95 Å². The Kier molecular flexibility index (Phi) is 9.37. The van der Waals surface area contributed by atoms with Gasteiger partial charge in [0.15, 0.2) is 5.82 Å². The normalized spacial score (nSPS) is 16.7. The Balaban J connectivity index is 1.17.